The van der Waals surface area contributed by atoms with Crippen molar-refractivity contribution in [1.29, 1.82) is 0 Å². The first-order chi connectivity index (χ1) is 13.7. The Morgan fingerprint density at radius 2 is 1.90 bits per heavy atom. The summed E-state index contributed by atoms with van der Waals surface area (Å²) in [6, 6.07) is 10.8. The fourth-order valence-electron chi connectivity index (χ4n) is 2.86. The number of rotatable bonds is 9. The molecule has 10 heteroatoms. The summed E-state index contributed by atoms with van der Waals surface area (Å²) in [5.74, 6) is 0.00933. The van der Waals surface area contributed by atoms with Gasteiger partial charge in [-0.2, -0.15) is 0 Å². The number of nitrogens with one attached hydrogen (secondary N) is 1. The number of hydrogen-bond donors (Lipinski definition) is 1. The van der Waals surface area contributed by atoms with Crippen molar-refractivity contribution in [2.75, 3.05) is 22.5 Å². The van der Waals surface area contributed by atoms with Gasteiger partial charge in [0.25, 0.3) is 5.69 Å². The zero-order chi connectivity index (χ0) is 21.6. The monoisotopic (exact) mass is 421 g/mol. The van der Waals surface area contributed by atoms with Crippen LogP contribution in [0.1, 0.15) is 20.3 Å². The van der Waals surface area contributed by atoms with Gasteiger partial charge in [0, 0.05) is 23.9 Å². The van der Waals surface area contributed by atoms with E-state index in [-0.39, 0.29) is 17.8 Å². The maximum Gasteiger partial charge on any atom is 0.271 e. The first-order valence-corrected chi connectivity index (χ1v) is 10.8. The molecule has 2 aromatic carbocycles. The predicted molar refractivity (Wildman–Crippen MR) is 111 cm³/mol. The Morgan fingerprint density at radius 3 is 2.48 bits per heavy atom. The number of carbonyl (C=O) groups is 1. The zero-order valence-electron chi connectivity index (χ0n) is 16.4. The number of nitro benzene ring substituents is 1. The lowest BCUT2D eigenvalue weighted by molar-refractivity contribution is -0.384. The average Bonchev–Trinajstić information content (AvgIpc) is 2.65. The molecular weight excluding hydrogens is 398 g/mol. The Balaban J connectivity index is 2.38. The van der Waals surface area contributed by atoms with E-state index in [1.807, 2.05) is 6.92 Å². The SMILES string of the molecule is CCOc1cccc(NC(=O)C(CC)N(c2cccc([N+](=O)[O-])c2)S(C)(=O)=O)c1. The number of sulfonamides is 1. The molecule has 0 saturated carbocycles. The summed E-state index contributed by atoms with van der Waals surface area (Å²) >= 11 is 0. The number of hydrogen-bond acceptors (Lipinski definition) is 6. The Labute approximate surface area is 169 Å². The molecule has 0 aromatic heterocycles. The molecule has 0 aliphatic rings. The molecule has 1 atom stereocenters. The summed E-state index contributed by atoms with van der Waals surface area (Å²) in [6.45, 7) is 3.96. The lowest BCUT2D eigenvalue weighted by Crippen LogP contribution is -2.47. The Bertz CT molecular complexity index is 993. The van der Waals surface area contributed by atoms with Gasteiger partial charge >= 0.3 is 0 Å². The Hall–Kier alpha value is -3.14. The van der Waals surface area contributed by atoms with E-state index in [2.05, 4.69) is 5.32 Å². The van der Waals surface area contributed by atoms with Gasteiger partial charge in [0.1, 0.15) is 11.8 Å². The van der Waals surface area contributed by atoms with Crippen LogP contribution in [0.25, 0.3) is 0 Å². The lowest BCUT2D eigenvalue weighted by atomic mass is 10.1. The van der Waals surface area contributed by atoms with Gasteiger partial charge in [0.05, 0.1) is 23.5 Å². The maximum atomic E-state index is 12.9. The second-order valence-corrected chi connectivity index (χ2v) is 8.07. The van der Waals surface area contributed by atoms with Gasteiger partial charge in [-0.15, -0.1) is 0 Å². The molecule has 2 aromatic rings. The average molecular weight is 421 g/mol. The fourth-order valence-corrected chi connectivity index (χ4v) is 4.06. The molecule has 0 radical (unpaired) electrons. The first-order valence-electron chi connectivity index (χ1n) is 8.95. The van der Waals surface area contributed by atoms with Gasteiger partial charge in [0.2, 0.25) is 15.9 Å². The number of anilines is 2. The van der Waals surface area contributed by atoms with Crippen LogP contribution in [0.4, 0.5) is 17.1 Å². The number of benzene rings is 2. The predicted octanol–water partition coefficient (Wildman–Crippen LogP) is 3.18. The number of nitro groups is 1. The number of nitrogens with zero attached hydrogens (tertiary/aromatic N) is 2. The third kappa shape index (κ3) is 5.67. The maximum absolute atomic E-state index is 12.9. The molecule has 2 rings (SSSR count). The topological polar surface area (TPSA) is 119 Å². The zero-order valence-corrected chi connectivity index (χ0v) is 17.2. The van der Waals surface area contributed by atoms with Gasteiger partial charge in [-0.1, -0.05) is 19.1 Å². The minimum atomic E-state index is -3.90. The molecule has 156 valence electrons. The van der Waals surface area contributed by atoms with E-state index >= 15 is 0 Å². The van der Waals surface area contributed by atoms with E-state index in [4.69, 9.17) is 4.74 Å². The second kappa shape index (κ2) is 9.37. The van der Waals surface area contributed by atoms with Crippen LogP contribution in [0.2, 0.25) is 0 Å². The molecule has 1 N–H and O–H groups in total. The highest BCUT2D eigenvalue weighted by Gasteiger charge is 2.32. The Kier molecular flexibility index (Phi) is 7.16. The number of carbonyl (C=O) groups excluding carboxylic acids is 1. The molecule has 9 nitrogen and oxygen atoms in total. The molecule has 0 bridgehead atoms. The minimum Gasteiger partial charge on any atom is -0.494 e. The van der Waals surface area contributed by atoms with Gasteiger partial charge in [-0.05, 0) is 31.5 Å². The van der Waals surface area contributed by atoms with Crippen molar-refractivity contribution >= 4 is 33.0 Å². The molecule has 0 aliphatic heterocycles. The van der Waals surface area contributed by atoms with Crippen molar-refractivity contribution in [2.45, 2.75) is 26.3 Å². The highest BCUT2D eigenvalue weighted by atomic mass is 32.2. The fraction of sp³-hybridized carbons (Fsp3) is 0.316. The molecule has 29 heavy (non-hydrogen) atoms. The van der Waals surface area contributed by atoms with Gasteiger partial charge in [0.15, 0.2) is 0 Å². The van der Waals surface area contributed by atoms with Crippen molar-refractivity contribution in [2.24, 2.45) is 0 Å². The number of ether oxygens (including phenoxy) is 1. The van der Waals surface area contributed by atoms with E-state index in [0.29, 0.717) is 18.0 Å². The van der Waals surface area contributed by atoms with Crippen LogP contribution >= 0.6 is 0 Å². The quantitative estimate of drug-likeness (QED) is 0.491. The molecular formula is C19H23N3O6S. The van der Waals surface area contributed by atoms with Crippen LogP contribution in [0.5, 0.6) is 5.75 Å². The third-order valence-corrected chi connectivity index (χ3v) is 5.22. The summed E-state index contributed by atoms with van der Waals surface area (Å²) in [4.78, 5) is 23.4. The summed E-state index contributed by atoms with van der Waals surface area (Å²) in [5.41, 5.74) is 0.231. The molecule has 0 aliphatic carbocycles. The number of amides is 1. The molecule has 0 spiro atoms. The highest BCUT2D eigenvalue weighted by Crippen LogP contribution is 2.27. The van der Waals surface area contributed by atoms with Gasteiger partial charge in [-0.25, -0.2) is 8.42 Å². The van der Waals surface area contributed by atoms with Crippen molar-refractivity contribution in [3.63, 3.8) is 0 Å². The molecule has 0 fully saturated rings. The number of non-ortho nitro benzene ring substituents is 1. The smallest absolute Gasteiger partial charge is 0.271 e. The second-order valence-electron chi connectivity index (χ2n) is 6.21. The van der Waals surface area contributed by atoms with Gasteiger partial charge < -0.3 is 10.1 Å². The minimum absolute atomic E-state index is 0.0479. The van der Waals surface area contributed by atoms with E-state index in [1.165, 1.54) is 18.2 Å². The molecule has 0 saturated heterocycles. The van der Waals surface area contributed by atoms with Crippen LogP contribution in [-0.4, -0.2) is 38.2 Å². The molecule has 0 heterocycles. The lowest BCUT2D eigenvalue weighted by Gasteiger charge is -2.30. The van der Waals surface area contributed by atoms with Crippen molar-refractivity contribution < 1.29 is 22.9 Å². The first kappa shape index (κ1) is 22.2. The van der Waals surface area contributed by atoms with Crippen LogP contribution in [0.15, 0.2) is 48.5 Å². The largest absolute Gasteiger partial charge is 0.494 e. The summed E-state index contributed by atoms with van der Waals surface area (Å²) in [7, 11) is -3.90. The van der Waals surface area contributed by atoms with Crippen LogP contribution in [-0.2, 0) is 14.8 Å². The van der Waals surface area contributed by atoms with Crippen LogP contribution in [0.3, 0.4) is 0 Å². The summed E-state index contributed by atoms with van der Waals surface area (Å²) < 4.78 is 31.2. The van der Waals surface area contributed by atoms with Crippen molar-refractivity contribution in [3.8, 4) is 5.75 Å². The Morgan fingerprint density at radius 1 is 1.21 bits per heavy atom. The van der Waals surface area contributed by atoms with E-state index in [0.717, 1.165) is 16.6 Å². The van der Waals surface area contributed by atoms with Crippen molar-refractivity contribution in [1.82, 2.24) is 0 Å². The van der Waals surface area contributed by atoms with E-state index in [1.54, 1.807) is 31.2 Å². The third-order valence-electron chi connectivity index (χ3n) is 4.04. The van der Waals surface area contributed by atoms with Crippen molar-refractivity contribution in [3.05, 3.63) is 58.6 Å². The van der Waals surface area contributed by atoms with Gasteiger partial charge in [-0.3, -0.25) is 19.2 Å². The summed E-state index contributed by atoms with van der Waals surface area (Å²) in [5, 5.41) is 13.8. The highest BCUT2D eigenvalue weighted by molar-refractivity contribution is 7.92. The van der Waals surface area contributed by atoms with Crippen LogP contribution < -0.4 is 14.4 Å². The standard InChI is InChI=1S/C19H23N3O6S/c1-4-18(19(23)20-14-8-6-11-17(12-14)28-5-2)21(29(3,26)27)15-9-7-10-16(13-15)22(24)25/h6-13,18H,4-5H2,1-3H3,(H,20,23). The molecule has 1 unspecified atom stereocenters. The van der Waals surface area contributed by atoms with Crippen LogP contribution in [0, 0.1) is 10.1 Å². The van der Waals surface area contributed by atoms with E-state index < -0.39 is 26.9 Å². The summed E-state index contributed by atoms with van der Waals surface area (Å²) in [6.07, 6.45) is 1.12. The molecule has 1 amide bonds. The van der Waals surface area contributed by atoms with E-state index in [9.17, 15) is 23.3 Å². The normalized spacial score (nSPS) is 12.1.